The summed E-state index contributed by atoms with van der Waals surface area (Å²) in [6.07, 6.45) is 0. The Labute approximate surface area is 132 Å². The van der Waals surface area contributed by atoms with E-state index >= 15 is 0 Å². The van der Waals surface area contributed by atoms with Gasteiger partial charge in [0.1, 0.15) is 0 Å². The minimum absolute atomic E-state index is 0.0440. The number of nitro groups is 1. The molecular weight excluding hydrogens is 366 g/mol. The number of nitro benzene ring substituents is 1. The SMILES string of the molecule is CCNc1nc(Cl)nc(Oc2cc([N+](=O)[O-])ccc2Br)n1. The number of hydrogen-bond donors (Lipinski definition) is 1. The van der Waals surface area contributed by atoms with Gasteiger partial charge in [-0.05, 0) is 40.5 Å². The minimum atomic E-state index is -0.524. The largest absolute Gasteiger partial charge is 0.423 e. The number of benzene rings is 1. The predicted octanol–water partition coefficient (Wildman–Crippen LogP) is 3.42. The minimum Gasteiger partial charge on any atom is -0.423 e. The first-order chi connectivity index (χ1) is 9.99. The first-order valence-electron chi connectivity index (χ1n) is 5.77. The van der Waals surface area contributed by atoms with Crippen LogP contribution in [-0.4, -0.2) is 26.4 Å². The van der Waals surface area contributed by atoms with E-state index in [0.29, 0.717) is 11.0 Å². The van der Waals surface area contributed by atoms with Gasteiger partial charge in [-0.1, -0.05) is 0 Å². The van der Waals surface area contributed by atoms with E-state index in [-0.39, 0.29) is 28.7 Å². The van der Waals surface area contributed by atoms with Gasteiger partial charge in [-0.3, -0.25) is 10.1 Å². The Hall–Kier alpha value is -2.00. The number of rotatable bonds is 5. The van der Waals surface area contributed by atoms with E-state index in [1.54, 1.807) is 0 Å². The Balaban J connectivity index is 2.33. The number of hydrogen-bond acceptors (Lipinski definition) is 7. The number of nitrogens with zero attached hydrogens (tertiary/aromatic N) is 4. The lowest BCUT2D eigenvalue weighted by Crippen LogP contribution is -2.05. The molecule has 1 aromatic heterocycles. The fraction of sp³-hybridized carbons (Fsp3) is 0.182. The average molecular weight is 375 g/mol. The van der Waals surface area contributed by atoms with Crippen LogP contribution in [0.15, 0.2) is 22.7 Å². The van der Waals surface area contributed by atoms with Crippen LogP contribution in [0.1, 0.15) is 6.92 Å². The molecule has 0 saturated carbocycles. The van der Waals surface area contributed by atoms with Crippen LogP contribution in [0.4, 0.5) is 11.6 Å². The first kappa shape index (κ1) is 15.4. The monoisotopic (exact) mass is 373 g/mol. The summed E-state index contributed by atoms with van der Waals surface area (Å²) in [6.45, 7) is 2.47. The molecule has 0 aliphatic carbocycles. The van der Waals surface area contributed by atoms with E-state index in [0.717, 1.165) is 0 Å². The summed E-state index contributed by atoms with van der Waals surface area (Å²) in [5.41, 5.74) is -0.111. The number of nitrogens with one attached hydrogen (secondary N) is 1. The second-order valence-corrected chi connectivity index (χ2v) is 4.91. The zero-order valence-corrected chi connectivity index (χ0v) is 13.1. The van der Waals surface area contributed by atoms with Crippen molar-refractivity contribution in [1.29, 1.82) is 0 Å². The van der Waals surface area contributed by atoms with Crippen LogP contribution < -0.4 is 10.1 Å². The molecule has 0 amide bonds. The molecule has 10 heteroatoms. The van der Waals surface area contributed by atoms with Gasteiger partial charge in [0.25, 0.3) is 5.69 Å². The molecule has 2 aromatic rings. The van der Waals surface area contributed by atoms with E-state index in [4.69, 9.17) is 16.3 Å². The average Bonchev–Trinajstić information content (AvgIpc) is 2.40. The zero-order chi connectivity index (χ0) is 15.4. The van der Waals surface area contributed by atoms with E-state index in [1.807, 2.05) is 6.92 Å². The number of ether oxygens (including phenoxy) is 1. The molecule has 0 atom stereocenters. The van der Waals surface area contributed by atoms with Gasteiger partial charge >= 0.3 is 6.01 Å². The van der Waals surface area contributed by atoms with Crippen LogP contribution in [0.5, 0.6) is 11.8 Å². The number of aromatic nitrogens is 3. The van der Waals surface area contributed by atoms with E-state index < -0.39 is 4.92 Å². The third kappa shape index (κ3) is 3.99. The van der Waals surface area contributed by atoms with Gasteiger partial charge in [-0.2, -0.15) is 15.0 Å². The van der Waals surface area contributed by atoms with Crippen molar-refractivity contribution in [2.45, 2.75) is 6.92 Å². The third-order valence-electron chi connectivity index (χ3n) is 2.25. The van der Waals surface area contributed by atoms with Gasteiger partial charge in [-0.25, -0.2) is 0 Å². The van der Waals surface area contributed by atoms with Crippen LogP contribution in [0, 0.1) is 10.1 Å². The highest BCUT2D eigenvalue weighted by Gasteiger charge is 2.13. The van der Waals surface area contributed by atoms with Gasteiger partial charge in [0.2, 0.25) is 11.2 Å². The molecular formula is C11H9BrClN5O3. The van der Waals surface area contributed by atoms with Crippen molar-refractivity contribution in [2.24, 2.45) is 0 Å². The Kier molecular flexibility index (Phi) is 4.86. The molecule has 21 heavy (non-hydrogen) atoms. The van der Waals surface area contributed by atoms with Gasteiger partial charge in [0.05, 0.1) is 15.5 Å². The quantitative estimate of drug-likeness (QED) is 0.631. The topological polar surface area (TPSA) is 103 Å². The van der Waals surface area contributed by atoms with E-state index in [1.165, 1.54) is 18.2 Å². The van der Waals surface area contributed by atoms with Crippen molar-refractivity contribution in [3.8, 4) is 11.8 Å². The fourth-order valence-electron chi connectivity index (χ4n) is 1.40. The molecule has 8 nitrogen and oxygen atoms in total. The van der Waals surface area contributed by atoms with Crippen LogP contribution in [0.3, 0.4) is 0 Å². The maximum Gasteiger partial charge on any atom is 0.328 e. The summed E-state index contributed by atoms with van der Waals surface area (Å²) in [4.78, 5) is 21.9. The molecule has 0 fully saturated rings. The predicted molar refractivity (Wildman–Crippen MR) is 79.9 cm³/mol. The zero-order valence-electron chi connectivity index (χ0n) is 10.7. The summed E-state index contributed by atoms with van der Waals surface area (Å²) >= 11 is 9.01. The molecule has 0 unspecified atom stereocenters. The van der Waals surface area contributed by atoms with Crippen molar-refractivity contribution < 1.29 is 9.66 Å². The Bertz CT molecular complexity index is 685. The molecule has 0 saturated heterocycles. The third-order valence-corrected chi connectivity index (χ3v) is 3.07. The summed E-state index contributed by atoms with van der Waals surface area (Å²) in [7, 11) is 0. The summed E-state index contributed by atoms with van der Waals surface area (Å²) in [5, 5.41) is 13.6. The van der Waals surface area contributed by atoms with Gasteiger partial charge in [0.15, 0.2) is 5.75 Å². The first-order valence-corrected chi connectivity index (χ1v) is 6.94. The van der Waals surface area contributed by atoms with Crippen molar-refractivity contribution in [2.75, 3.05) is 11.9 Å². The molecule has 0 bridgehead atoms. The van der Waals surface area contributed by atoms with Crippen LogP contribution in [0.2, 0.25) is 5.28 Å². The molecule has 0 spiro atoms. The molecule has 1 aromatic carbocycles. The Morgan fingerprint density at radius 3 is 2.86 bits per heavy atom. The summed E-state index contributed by atoms with van der Waals surface area (Å²) < 4.78 is 5.95. The lowest BCUT2D eigenvalue weighted by Gasteiger charge is -2.07. The smallest absolute Gasteiger partial charge is 0.328 e. The second kappa shape index (κ2) is 6.64. The van der Waals surface area contributed by atoms with Crippen LogP contribution in [0.25, 0.3) is 0 Å². The Morgan fingerprint density at radius 2 is 2.19 bits per heavy atom. The number of anilines is 1. The van der Waals surface area contributed by atoms with Crippen molar-refractivity contribution >= 4 is 39.2 Å². The molecule has 2 rings (SSSR count). The van der Waals surface area contributed by atoms with Crippen molar-refractivity contribution in [1.82, 2.24) is 15.0 Å². The lowest BCUT2D eigenvalue weighted by atomic mass is 10.3. The normalized spacial score (nSPS) is 10.2. The lowest BCUT2D eigenvalue weighted by molar-refractivity contribution is -0.384. The Morgan fingerprint density at radius 1 is 1.43 bits per heavy atom. The standard InChI is InChI=1S/C11H9BrClN5O3/c1-2-14-10-15-9(13)16-11(17-10)21-8-5-6(18(19)20)3-4-7(8)12/h3-5H,2H2,1H3,(H,14,15,16,17). The molecule has 0 aliphatic heterocycles. The fourth-order valence-corrected chi connectivity index (χ4v) is 1.88. The molecule has 0 radical (unpaired) electrons. The second-order valence-electron chi connectivity index (χ2n) is 3.71. The summed E-state index contributed by atoms with van der Waals surface area (Å²) in [6, 6.07) is 4.05. The summed E-state index contributed by atoms with van der Waals surface area (Å²) in [5.74, 6) is 0.461. The highest BCUT2D eigenvalue weighted by Crippen LogP contribution is 2.32. The van der Waals surface area contributed by atoms with Crippen molar-refractivity contribution in [3.05, 3.63) is 38.1 Å². The van der Waals surface area contributed by atoms with Crippen molar-refractivity contribution in [3.63, 3.8) is 0 Å². The molecule has 110 valence electrons. The maximum absolute atomic E-state index is 10.8. The number of non-ortho nitro benzene ring substituents is 1. The number of halogens is 2. The molecule has 1 heterocycles. The van der Waals surface area contributed by atoms with Gasteiger partial charge in [-0.15, -0.1) is 0 Å². The van der Waals surface area contributed by atoms with Crippen LogP contribution in [-0.2, 0) is 0 Å². The molecule has 1 N–H and O–H groups in total. The highest BCUT2D eigenvalue weighted by molar-refractivity contribution is 9.10. The van der Waals surface area contributed by atoms with Gasteiger partial charge in [0, 0.05) is 12.6 Å². The van der Waals surface area contributed by atoms with Gasteiger partial charge < -0.3 is 10.1 Å². The maximum atomic E-state index is 10.8. The van der Waals surface area contributed by atoms with E-state index in [9.17, 15) is 10.1 Å². The van der Waals surface area contributed by atoms with E-state index in [2.05, 4.69) is 36.2 Å². The van der Waals surface area contributed by atoms with Crippen LogP contribution >= 0.6 is 27.5 Å². The highest BCUT2D eigenvalue weighted by atomic mass is 79.9. The molecule has 0 aliphatic rings.